The van der Waals surface area contributed by atoms with E-state index in [4.69, 9.17) is 9.47 Å². The Morgan fingerprint density at radius 1 is 1.33 bits per heavy atom. The minimum Gasteiger partial charge on any atom is -0.393 e. The predicted molar refractivity (Wildman–Crippen MR) is 73.9 cm³/mol. The third-order valence-electron chi connectivity index (χ3n) is 4.39. The number of pyridine rings is 1. The van der Waals surface area contributed by atoms with Gasteiger partial charge in [0.25, 0.3) is 5.56 Å². The fourth-order valence-electron chi connectivity index (χ4n) is 3.16. The molecule has 2 aliphatic heterocycles. The van der Waals surface area contributed by atoms with Crippen LogP contribution in [0.5, 0.6) is 0 Å². The van der Waals surface area contributed by atoms with Crippen LogP contribution >= 0.6 is 0 Å². The summed E-state index contributed by atoms with van der Waals surface area (Å²) in [5.74, 6) is 0. The molecule has 0 radical (unpaired) electrons. The number of aliphatic hydroxyl groups is 2. The first-order chi connectivity index (χ1) is 10.2. The molecule has 2 fully saturated rings. The maximum atomic E-state index is 12.6. The highest BCUT2D eigenvalue weighted by Gasteiger charge is 2.61. The first-order valence-electron chi connectivity index (χ1n) is 6.84. The molecule has 1 aromatic heterocycles. The monoisotopic (exact) mass is 289 g/mol. The van der Waals surface area contributed by atoms with E-state index < -0.39 is 24.0 Å². The summed E-state index contributed by atoms with van der Waals surface area (Å²) in [6, 6.07) is 9.11. The lowest BCUT2D eigenvalue weighted by molar-refractivity contribution is -0.187. The lowest BCUT2D eigenvalue weighted by Gasteiger charge is -2.29. The average molecular weight is 289 g/mol. The van der Waals surface area contributed by atoms with Crippen molar-refractivity contribution < 1.29 is 19.7 Å². The Kier molecular flexibility index (Phi) is 2.71. The topological polar surface area (TPSA) is 80.9 Å². The van der Waals surface area contributed by atoms with Crippen LogP contribution in [0.3, 0.4) is 0 Å². The van der Waals surface area contributed by atoms with Crippen LogP contribution in [0, 0.1) is 0 Å². The highest BCUT2D eigenvalue weighted by Crippen LogP contribution is 2.44. The second-order valence-corrected chi connectivity index (χ2v) is 5.57. The predicted octanol–water partition coefficient (Wildman–Crippen LogP) is 0.0211. The lowest BCUT2D eigenvalue weighted by Crippen LogP contribution is -2.44. The lowest BCUT2D eigenvalue weighted by atomic mass is 10.0. The van der Waals surface area contributed by atoms with Crippen molar-refractivity contribution in [3.05, 3.63) is 46.9 Å². The summed E-state index contributed by atoms with van der Waals surface area (Å²) >= 11 is 0. The molecule has 0 aliphatic carbocycles. The Balaban J connectivity index is 1.82. The summed E-state index contributed by atoms with van der Waals surface area (Å²) in [5, 5.41) is 21.1. The Morgan fingerprint density at radius 2 is 2.14 bits per heavy atom. The normalized spacial score (nSPS) is 34.7. The molecule has 1 aromatic carbocycles. The Bertz CT molecular complexity index is 757. The van der Waals surface area contributed by atoms with Gasteiger partial charge in [-0.2, -0.15) is 0 Å². The van der Waals surface area contributed by atoms with Gasteiger partial charge in [0, 0.05) is 11.6 Å². The first-order valence-corrected chi connectivity index (χ1v) is 6.84. The Morgan fingerprint density at radius 3 is 2.90 bits per heavy atom. The van der Waals surface area contributed by atoms with Crippen LogP contribution in [0.2, 0.25) is 0 Å². The number of aromatic nitrogens is 1. The highest BCUT2D eigenvalue weighted by atomic mass is 16.7. The minimum absolute atomic E-state index is 0.133. The molecule has 2 bridgehead atoms. The molecule has 0 amide bonds. The van der Waals surface area contributed by atoms with Crippen molar-refractivity contribution in [1.29, 1.82) is 0 Å². The van der Waals surface area contributed by atoms with Crippen molar-refractivity contribution in [2.24, 2.45) is 0 Å². The van der Waals surface area contributed by atoms with E-state index >= 15 is 0 Å². The molecule has 21 heavy (non-hydrogen) atoms. The van der Waals surface area contributed by atoms with Crippen LogP contribution in [0.25, 0.3) is 10.8 Å². The molecule has 4 atom stereocenters. The third kappa shape index (κ3) is 1.64. The zero-order valence-corrected chi connectivity index (χ0v) is 11.2. The number of aliphatic hydroxyl groups excluding tert-OH is 2. The van der Waals surface area contributed by atoms with Gasteiger partial charge in [-0.1, -0.05) is 18.2 Å². The van der Waals surface area contributed by atoms with Crippen molar-refractivity contribution >= 4 is 10.8 Å². The van der Waals surface area contributed by atoms with Crippen LogP contribution in [0.1, 0.15) is 6.23 Å². The molecule has 2 aliphatic rings. The number of hydrogen-bond acceptors (Lipinski definition) is 5. The maximum absolute atomic E-state index is 12.6. The number of benzene rings is 1. The van der Waals surface area contributed by atoms with E-state index in [0.29, 0.717) is 5.39 Å². The van der Waals surface area contributed by atoms with Gasteiger partial charge in [-0.25, -0.2) is 0 Å². The van der Waals surface area contributed by atoms with Gasteiger partial charge in [-0.05, 0) is 17.5 Å². The summed E-state index contributed by atoms with van der Waals surface area (Å²) in [6.45, 7) is -0.211. The molecule has 4 rings (SSSR count). The van der Waals surface area contributed by atoms with E-state index in [1.165, 1.54) is 4.57 Å². The minimum atomic E-state index is -1.12. The van der Waals surface area contributed by atoms with Crippen molar-refractivity contribution in [3.63, 3.8) is 0 Å². The van der Waals surface area contributed by atoms with Gasteiger partial charge in [0.15, 0.2) is 6.23 Å². The summed E-state index contributed by atoms with van der Waals surface area (Å²) < 4.78 is 12.7. The molecule has 2 saturated heterocycles. The maximum Gasteiger partial charge on any atom is 0.260 e. The van der Waals surface area contributed by atoms with Gasteiger partial charge >= 0.3 is 0 Å². The second-order valence-electron chi connectivity index (χ2n) is 5.57. The fraction of sp³-hybridized carbons (Fsp3) is 0.400. The van der Waals surface area contributed by atoms with Gasteiger partial charge in [0.2, 0.25) is 0 Å². The van der Waals surface area contributed by atoms with Crippen molar-refractivity contribution in [3.8, 4) is 0 Å². The largest absolute Gasteiger partial charge is 0.393 e. The average Bonchev–Trinajstić information content (AvgIpc) is 2.99. The molecule has 1 unspecified atom stereocenters. The van der Waals surface area contributed by atoms with Crippen LogP contribution < -0.4 is 5.56 Å². The molecular weight excluding hydrogens is 274 g/mol. The van der Waals surface area contributed by atoms with Crippen LogP contribution in [0.15, 0.2) is 41.3 Å². The second kappa shape index (κ2) is 4.38. The van der Waals surface area contributed by atoms with Crippen LogP contribution in [-0.4, -0.2) is 45.8 Å². The van der Waals surface area contributed by atoms with Gasteiger partial charge in [-0.15, -0.1) is 0 Å². The summed E-state index contributed by atoms with van der Waals surface area (Å²) in [7, 11) is 0. The molecule has 6 heteroatoms. The van der Waals surface area contributed by atoms with E-state index in [9.17, 15) is 15.0 Å². The summed E-state index contributed by atoms with van der Waals surface area (Å²) in [4.78, 5) is 12.6. The molecule has 0 saturated carbocycles. The number of ether oxygens (including phenoxy) is 2. The molecule has 2 aromatic rings. The Hall–Kier alpha value is -1.73. The van der Waals surface area contributed by atoms with E-state index in [2.05, 4.69) is 0 Å². The van der Waals surface area contributed by atoms with Crippen molar-refractivity contribution in [1.82, 2.24) is 4.57 Å². The molecule has 110 valence electrons. The van der Waals surface area contributed by atoms with Crippen LogP contribution in [0.4, 0.5) is 0 Å². The van der Waals surface area contributed by atoms with Crippen LogP contribution in [-0.2, 0) is 9.47 Å². The quantitative estimate of drug-likeness (QED) is 0.814. The van der Waals surface area contributed by atoms with Gasteiger partial charge in [0.05, 0.1) is 13.2 Å². The standard InChI is InChI=1S/C15H15NO5/c17-7-15-8-20-11(12(15)18)14(21-15)16-6-5-9-3-1-2-4-10(9)13(16)19/h1-6,11-12,14,17-18H,7-8H2/t11-,12?,14+,15-/m0/s1. The Labute approximate surface area is 120 Å². The van der Waals surface area contributed by atoms with E-state index in [-0.39, 0.29) is 18.8 Å². The summed E-state index contributed by atoms with van der Waals surface area (Å²) in [5.41, 5.74) is -1.32. The zero-order valence-electron chi connectivity index (χ0n) is 11.2. The summed E-state index contributed by atoms with van der Waals surface area (Å²) in [6.07, 6.45) is -0.670. The molecule has 3 heterocycles. The molecule has 6 nitrogen and oxygen atoms in total. The van der Waals surface area contributed by atoms with Gasteiger partial charge < -0.3 is 19.7 Å². The van der Waals surface area contributed by atoms with Crippen molar-refractivity contribution in [2.45, 2.75) is 24.0 Å². The first kappa shape index (κ1) is 13.0. The fourth-order valence-corrected chi connectivity index (χ4v) is 3.16. The van der Waals surface area contributed by atoms with E-state index in [1.807, 2.05) is 18.2 Å². The van der Waals surface area contributed by atoms with Crippen molar-refractivity contribution in [2.75, 3.05) is 13.2 Å². The van der Waals surface area contributed by atoms with Gasteiger partial charge in [0.1, 0.15) is 17.8 Å². The third-order valence-corrected chi connectivity index (χ3v) is 4.39. The SMILES string of the molecule is O=c1c2ccccc2ccn1[C@@H]1O[C@@]2(CO)CO[C@H]1C2O. The molecule has 0 spiro atoms. The number of hydrogen-bond donors (Lipinski definition) is 2. The molecule has 2 N–H and O–H groups in total. The number of nitrogens with zero attached hydrogens (tertiary/aromatic N) is 1. The highest BCUT2D eigenvalue weighted by molar-refractivity contribution is 5.81. The zero-order chi connectivity index (χ0) is 14.6. The van der Waals surface area contributed by atoms with E-state index in [0.717, 1.165) is 5.39 Å². The van der Waals surface area contributed by atoms with Gasteiger partial charge in [-0.3, -0.25) is 9.36 Å². The van der Waals surface area contributed by atoms with E-state index in [1.54, 1.807) is 18.3 Å². The number of fused-ring (bicyclic) bond motifs is 3. The number of rotatable bonds is 2. The molecular formula is C15H15NO5. The smallest absolute Gasteiger partial charge is 0.260 e.